The lowest BCUT2D eigenvalue weighted by atomic mass is 10.1. The normalized spacial score (nSPS) is 10.9. The maximum atomic E-state index is 13.5. The monoisotopic (exact) mass is 268 g/mol. The van der Waals surface area contributed by atoms with Crippen LogP contribution in [0.4, 0.5) is 9.18 Å². The molecule has 0 aromatic heterocycles. The fourth-order valence-corrected chi connectivity index (χ4v) is 1.36. The molecule has 6 heteroatoms. The minimum atomic E-state index is -0.829. The number of nitrogens with two attached hydrogens (primary N) is 1. The molecule has 19 heavy (non-hydrogen) atoms. The standard InChI is InChI=1S/C13H17FN2O3/c1-13(2,3)19-12(18)16-7-8-4-5-9(11(15)17)10(14)6-8/h4-6H,7H2,1-3H3,(H2,15,17)(H,16,18). The third-order valence-corrected chi connectivity index (χ3v) is 2.13. The SMILES string of the molecule is CC(C)(C)OC(=O)NCc1ccc(C(N)=O)c(F)c1. The fourth-order valence-electron chi connectivity index (χ4n) is 1.36. The zero-order valence-corrected chi connectivity index (χ0v) is 11.1. The van der Waals surface area contributed by atoms with E-state index in [1.165, 1.54) is 12.1 Å². The van der Waals surface area contributed by atoms with Crippen LogP contribution in [0.2, 0.25) is 0 Å². The molecule has 0 unspecified atom stereocenters. The summed E-state index contributed by atoms with van der Waals surface area (Å²) in [7, 11) is 0. The lowest BCUT2D eigenvalue weighted by molar-refractivity contribution is 0.0523. The average Bonchev–Trinajstić information content (AvgIpc) is 2.23. The van der Waals surface area contributed by atoms with Crippen molar-refractivity contribution in [3.05, 3.63) is 35.1 Å². The van der Waals surface area contributed by atoms with Gasteiger partial charge in [0.15, 0.2) is 0 Å². The van der Waals surface area contributed by atoms with E-state index < -0.39 is 23.4 Å². The van der Waals surface area contributed by atoms with Crippen molar-refractivity contribution in [2.24, 2.45) is 5.73 Å². The average molecular weight is 268 g/mol. The van der Waals surface area contributed by atoms with E-state index in [9.17, 15) is 14.0 Å². The Balaban J connectivity index is 2.62. The first-order valence-electron chi connectivity index (χ1n) is 5.74. The van der Waals surface area contributed by atoms with Crippen LogP contribution in [0.15, 0.2) is 18.2 Å². The molecule has 0 aliphatic heterocycles. The quantitative estimate of drug-likeness (QED) is 0.879. The Bertz CT molecular complexity index is 495. The van der Waals surface area contributed by atoms with Gasteiger partial charge in [-0.25, -0.2) is 9.18 Å². The molecule has 0 aliphatic carbocycles. The number of ether oxygens (including phenoxy) is 1. The highest BCUT2D eigenvalue weighted by Crippen LogP contribution is 2.11. The molecule has 3 N–H and O–H groups in total. The number of primary amides is 1. The highest BCUT2D eigenvalue weighted by molar-refractivity contribution is 5.93. The van der Waals surface area contributed by atoms with Gasteiger partial charge in [-0.05, 0) is 38.5 Å². The van der Waals surface area contributed by atoms with Crippen molar-refractivity contribution < 1.29 is 18.7 Å². The van der Waals surface area contributed by atoms with Crippen molar-refractivity contribution in [2.45, 2.75) is 32.9 Å². The third kappa shape index (κ3) is 4.95. The summed E-state index contributed by atoms with van der Waals surface area (Å²) in [5.41, 5.74) is 4.72. The smallest absolute Gasteiger partial charge is 0.407 e. The second-order valence-electron chi connectivity index (χ2n) is 5.03. The van der Waals surface area contributed by atoms with E-state index in [0.717, 1.165) is 6.07 Å². The van der Waals surface area contributed by atoms with Crippen molar-refractivity contribution in [1.82, 2.24) is 5.32 Å². The maximum absolute atomic E-state index is 13.5. The largest absolute Gasteiger partial charge is 0.444 e. The van der Waals surface area contributed by atoms with Crippen molar-refractivity contribution in [3.63, 3.8) is 0 Å². The highest BCUT2D eigenvalue weighted by atomic mass is 19.1. The predicted octanol–water partition coefficient (Wildman–Crippen LogP) is 1.95. The Morgan fingerprint density at radius 1 is 1.37 bits per heavy atom. The third-order valence-electron chi connectivity index (χ3n) is 2.13. The fraction of sp³-hybridized carbons (Fsp3) is 0.385. The minimum absolute atomic E-state index is 0.102. The number of carbonyl (C=O) groups is 2. The summed E-state index contributed by atoms with van der Waals surface area (Å²) in [6.07, 6.45) is -0.591. The first kappa shape index (κ1) is 14.9. The van der Waals surface area contributed by atoms with Gasteiger partial charge >= 0.3 is 6.09 Å². The molecule has 2 amide bonds. The molecule has 0 aliphatic rings. The zero-order chi connectivity index (χ0) is 14.6. The summed E-state index contributed by atoms with van der Waals surface area (Å²) in [5, 5.41) is 2.49. The number of hydrogen-bond donors (Lipinski definition) is 2. The van der Waals surface area contributed by atoms with Gasteiger partial charge in [-0.2, -0.15) is 0 Å². The molecule has 1 aromatic rings. The Morgan fingerprint density at radius 2 is 2.00 bits per heavy atom. The maximum Gasteiger partial charge on any atom is 0.407 e. The highest BCUT2D eigenvalue weighted by Gasteiger charge is 2.16. The molecule has 1 rings (SSSR count). The van der Waals surface area contributed by atoms with E-state index in [1.54, 1.807) is 20.8 Å². The first-order chi connectivity index (χ1) is 8.69. The van der Waals surface area contributed by atoms with Crippen LogP contribution in [0, 0.1) is 5.82 Å². The molecular formula is C13H17FN2O3. The van der Waals surface area contributed by atoms with Crippen molar-refractivity contribution >= 4 is 12.0 Å². The van der Waals surface area contributed by atoms with Crippen molar-refractivity contribution in [1.29, 1.82) is 0 Å². The number of alkyl carbamates (subject to hydrolysis) is 1. The second kappa shape index (κ2) is 5.69. The Labute approximate surface area is 110 Å². The lowest BCUT2D eigenvalue weighted by Crippen LogP contribution is -2.32. The van der Waals surface area contributed by atoms with Gasteiger partial charge in [0.2, 0.25) is 0 Å². The number of amides is 2. The molecule has 0 heterocycles. The molecule has 0 saturated carbocycles. The Morgan fingerprint density at radius 3 is 2.47 bits per heavy atom. The molecule has 0 spiro atoms. The van der Waals surface area contributed by atoms with Crippen LogP contribution in [0.5, 0.6) is 0 Å². The van der Waals surface area contributed by atoms with Gasteiger partial charge in [0.1, 0.15) is 11.4 Å². The second-order valence-corrected chi connectivity index (χ2v) is 5.03. The summed E-state index contributed by atoms with van der Waals surface area (Å²) in [6, 6.07) is 3.95. The Hall–Kier alpha value is -2.11. The van der Waals surface area contributed by atoms with Gasteiger partial charge in [0.25, 0.3) is 5.91 Å². The van der Waals surface area contributed by atoms with E-state index in [2.05, 4.69) is 5.32 Å². The van der Waals surface area contributed by atoms with E-state index in [1.807, 2.05) is 0 Å². The molecule has 0 saturated heterocycles. The van der Waals surface area contributed by atoms with E-state index >= 15 is 0 Å². The van der Waals surface area contributed by atoms with Crippen LogP contribution in [0.3, 0.4) is 0 Å². The van der Waals surface area contributed by atoms with Gasteiger partial charge in [0, 0.05) is 6.54 Å². The topological polar surface area (TPSA) is 81.4 Å². The van der Waals surface area contributed by atoms with Gasteiger partial charge in [-0.1, -0.05) is 6.07 Å². The van der Waals surface area contributed by atoms with Crippen LogP contribution in [-0.4, -0.2) is 17.6 Å². The van der Waals surface area contributed by atoms with Crippen LogP contribution in [0.25, 0.3) is 0 Å². The number of rotatable bonds is 3. The van der Waals surface area contributed by atoms with Crippen molar-refractivity contribution in [3.8, 4) is 0 Å². The van der Waals surface area contributed by atoms with Crippen LogP contribution in [0.1, 0.15) is 36.7 Å². The molecule has 1 aromatic carbocycles. The minimum Gasteiger partial charge on any atom is -0.444 e. The predicted molar refractivity (Wildman–Crippen MR) is 68.0 cm³/mol. The first-order valence-corrected chi connectivity index (χ1v) is 5.74. The van der Waals surface area contributed by atoms with Crippen molar-refractivity contribution in [2.75, 3.05) is 0 Å². The number of hydrogen-bond acceptors (Lipinski definition) is 3. The molecule has 0 radical (unpaired) electrons. The van der Waals surface area contributed by atoms with Gasteiger partial charge < -0.3 is 15.8 Å². The van der Waals surface area contributed by atoms with E-state index in [4.69, 9.17) is 10.5 Å². The van der Waals surface area contributed by atoms with Gasteiger partial charge in [-0.15, -0.1) is 0 Å². The molecule has 104 valence electrons. The summed E-state index contributed by atoms with van der Waals surface area (Å²) in [4.78, 5) is 22.2. The zero-order valence-electron chi connectivity index (χ0n) is 11.1. The summed E-state index contributed by atoms with van der Waals surface area (Å²) >= 11 is 0. The number of halogens is 1. The van der Waals surface area contributed by atoms with E-state index in [-0.39, 0.29) is 12.1 Å². The number of carbonyl (C=O) groups excluding carboxylic acids is 2. The summed E-state index contributed by atoms with van der Waals surface area (Å²) in [6.45, 7) is 5.33. The van der Waals surface area contributed by atoms with Gasteiger partial charge in [0.05, 0.1) is 5.56 Å². The summed E-state index contributed by atoms with van der Waals surface area (Å²) in [5.74, 6) is -1.54. The summed E-state index contributed by atoms with van der Waals surface area (Å²) < 4.78 is 18.5. The van der Waals surface area contributed by atoms with Crippen LogP contribution in [-0.2, 0) is 11.3 Å². The van der Waals surface area contributed by atoms with Gasteiger partial charge in [-0.3, -0.25) is 4.79 Å². The van der Waals surface area contributed by atoms with E-state index in [0.29, 0.717) is 5.56 Å². The number of nitrogens with one attached hydrogen (secondary N) is 1. The number of benzene rings is 1. The van der Waals surface area contributed by atoms with Crippen LogP contribution >= 0.6 is 0 Å². The molecular weight excluding hydrogens is 251 g/mol. The molecule has 0 fully saturated rings. The molecule has 5 nitrogen and oxygen atoms in total. The lowest BCUT2D eigenvalue weighted by Gasteiger charge is -2.19. The Kier molecular flexibility index (Phi) is 4.47. The molecule has 0 atom stereocenters. The van der Waals surface area contributed by atoms with Crippen LogP contribution < -0.4 is 11.1 Å². The molecule has 0 bridgehead atoms.